The van der Waals surface area contributed by atoms with Crippen LogP contribution >= 0.6 is 23.2 Å². The molecular weight excluding hydrogens is 455 g/mol. The van der Waals surface area contributed by atoms with Gasteiger partial charge in [-0.05, 0) is 47.7 Å². The van der Waals surface area contributed by atoms with Crippen LogP contribution in [0.5, 0.6) is 5.75 Å². The molecule has 176 valence electrons. The first-order chi connectivity index (χ1) is 16.0. The van der Waals surface area contributed by atoms with Crippen LogP contribution in [0.25, 0.3) is 10.8 Å². The van der Waals surface area contributed by atoms with Crippen molar-refractivity contribution in [2.75, 3.05) is 38.2 Å². The van der Waals surface area contributed by atoms with Crippen molar-refractivity contribution >= 4 is 39.7 Å². The lowest BCUT2D eigenvalue weighted by Gasteiger charge is -2.42. The molecule has 6 heteroatoms. The molecule has 0 bridgehead atoms. The van der Waals surface area contributed by atoms with Gasteiger partial charge in [0, 0.05) is 48.3 Å². The SMILES string of the molecule is CCCC[C@@H]([C@H](O)c1ccc2c(Cl)c(OC)ccc2c1)N1CCN(c2cccc(Cl)c2)CC1. The molecule has 1 aliphatic rings. The Kier molecular flexibility index (Phi) is 8.02. The van der Waals surface area contributed by atoms with Gasteiger partial charge in [0.1, 0.15) is 5.75 Å². The fraction of sp³-hybridized carbons (Fsp3) is 0.407. The van der Waals surface area contributed by atoms with E-state index < -0.39 is 6.10 Å². The zero-order valence-electron chi connectivity index (χ0n) is 19.3. The molecule has 0 saturated carbocycles. The second-order valence-corrected chi connectivity index (χ2v) is 9.53. The third kappa shape index (κ3) is 5.41. The largest absolute Gasteiger partial charge is 0.495 e. The first-order valence-corrected chi connectivity index (χ1v) is 12.5. The summed E-state index contributed by atoms with van der Waals surface area (Å²) in [5, 5.41) is 14.8. The van der Waals surface area contributed by atoms with Crippen LogP contribution in [-0.2, 0) is 0 Å². The van der Waals surface area contributed by atoms with Crippen molar-refractivity contribution in [1.29, 1.82) is 0 Å². The summed E-state index contributed by atoms with van der Waals surface area (Å²) in [7, 11) is 1.62. The van der Waals surface area contributed by atoms with E-state index in [1.807, 2.05) is 42.5 Å². The summed E-state index contributed by atoms with van der Waals surface area (Å²) < 4.78 is 5.34. The monoisotopic (exact) mass is 486 g/mol. The highest BCUT2D eigenvalue weighted by atomic mass is 35.5. The van der Waals surface area contributed by atoms with E-state index >= 15 is 0 Å². The Morgan fingerprint density at radius 2 is 1.79 bits per heavy atom. The predicted octanol–water partition coefficient (Wildman–Crippen LogP) is 6.57. The van der Waals surface area contributed by atoms with Gasteiger partial charge in [-0.25, -0.2) is 0 Å². The Labute approximate surface area is 206 Å². The molecule has 4 nitrogen and oxygen atoms in total. The van der Waals surface area contributed by atoms with Gasteiger partial charge in [-0.3, -0.25) is 4.90 Å². The third-order valence-electron chi connectivity index (χ3n) is 6.68. The smallest absolute Gasteiger partial charge is 0.138 e. The normalized spacial score (nSPS) is 16.7. The minimum absolute atomic E-state index is 0.0811. The van der Waals surface area contributed by atoms with Crippen molar-refractivity contribution in [2.45, 2.75) is 38.3 Å². The Morgan fingerprint density at radius 3 is 2.48 bits per heavy atom. The van der Waals surface area contributed by atoms with Crippen LogP contribution in [-0.4, -0.2) is 49.3 Å². The van der Waals surface area contributed by atoms with E-state index in [4.69, 9.17) is 27.9 Å². The van der Waals surface area contributed by atoms with Crippen molar-refractivity contribution < 1.29 is 9.84 Å². The standard InChI is InChI=1S/C27H32Cl2N2O2/c1-3-4-8-24(31-15-13-30(14-16-31)22-7-5-6-21(28)18-22)27(32)20-9-11-23-19(17-20)10-12-25(33-2)26(23)29/h5-7,9-12,17-18,24,27,32H,3-4,8,13-16H2,1-2H3/t24-,27+/m0/s1. The second kappa shape index (κ2) is 11.0. The number of rotatable bonds is 8. The van der Waals surface area contributed by atoms with Crippen molar-refractivity contribution in [2.24, 2.45) is 0 Å². The molecular formula is C27H32Cl2N2O2. The lowest BCUT2D eigenvalue weighted by molar-refractivity contribution is 0.0386. The molecule has 33 heavy (non-hydrogen) atoms. The van der Waals surface area contributed by atoms with Gasteiger partial charge in [0.15, 0.2) is 0 Å². The van der Waals surface area contributed by atoms with Crippen LogP contribution in [0, 0.1) is 0 Å². The summed E-state index contributed by atoms with van der Waals surface area (Å²) in [4.78, 5) is 4.82. The molecule has 1 N–H and O–H groups in total. The Morgan fingerprint density at radius 1 is 1.00 bits per heavy atom. The predicted molar refractivity (Wildman–Crippen MR) is 139 cm³/mol. The number of unbranched alkanes of at least 4 members (excludes halogenated alkanes) is 1. The summed E-state index contributed by atoms with van der Waals surface area (Å²) >= 11 is 12.7. The Hall–Kier alpha value is -1.98. The van der Waals surface area contributed by atoms with Gasteiger partial charge < -0.3 is 14.7 Å². The molecule has 4 rings (SSSR count). The Bertz CT molecular complexity index is 1080. The zero-order valence-corrected chi connectivity index (χ0v) is 20.8. The zero-order chi connectivity index (χ0) is 23.4. The summed E-state index contributed by atoms with van der Waals surface area (Å²) in [5.41, 5.74) is 2.09. The summed E-state index contributed by atoms with van der Waals surface area (Å²) in [6.07, 6.45) is 2.61. The molecule has 1 aliphatic heterocycles. The average molecular weight is 487 g/mol. The van der Waals surface area contributed by atoms with E-state index in [9.17, 15) is 5.11 Å². The number of aliphatic hydroxyl groups is 1. The van der Waals surface area contributed by atoms with E-state index in [2.05, 4.69) is 28.9 Å². The van der Waals surface area contributed by atoms with Gasteiger partial charge >= 0.3 is 0 Å². The first-order valence-electron chi connectivity index (χ1n) is 11.7. The summed E-state index contributed by atoms with van der Waals surface area (Å²) in [6.45, 7) is 5.86. The molecule has 1 fully saturated rings. The van der Waals surface area contributed by atoms with Crippen molar-refractivity contribution in [3.05, 3.63) is 70.2 Å². The molecule has 0 radical (unpaired) electrons. The van der Waals surface area contributed by atoms with Gasteiger partial charge in [-0.2, -0.15) is 0 Å². The van der Waals surface area contributed by atoms with Crippen LogP contribution in [0.2, 0.25) is 10.0 Å². The summed E-state index contributed by atoms with van der Waals surface area (Å²) in [5.74, 6) is 0.663. The van der Waals surface area contributed by atoms with E-state index in [-0.39, 0.29) is 6.04 Å². The highest BCUT2D eigenvalue weighted by Crippen LogP contribution is 2.35. The van der Waals surface area contributed by atoms with Gasteiger partial charge in [-0.1, -0.05) is 67.2 Å². The second-order valence-electron chi connectivity index (χ2n) is 8.72. The van der Waals surface area contributed by atoms with Crippen molar-refractivity contribution in [1.82, 2.24) is 4.90 Å². The maximum Gasteiger partial charge on any atom is 0.138 e. The van der Waals surface area contributed by atoms with Crippen LogP contribution in [0.3, 0.4) is 0 Å². The quantitative estimate of drug-likeness (QED) is 0.390. The van der Waals surface area contributed by atoms with E-state index in [1.165, 1.54) is 0 Å². The van der Waals surface area contributed by atoms with Crippen molar-refractivity contribution in [3.63, 3.8) is 0 Å². The van der Waals surface area contributed by atoms with Gasteiger partial charge in [0.05, 0.1) is 18.2 Å². The van der Waals surface area contributed by atoms with Crippen LogP contribution in [0.15, 0.2) is 54.6 Å². The molecule has 0 unspecified atom stereocenters. The molecule has 3 aromatic carbocycles. The molecule has 1 saturated heterocycles. The molecule has 1 heterocycles. The maximum atomic E-state index is 11.5. The van der Waals surface area contributed by atoms with E-state index in [0.29, 0.717) is 10.8 Å². The van der Waals surface area contributed by atoms with Gasteiger partial charge in [-0.15, -0.1) is 0 Å². The van der Waals surface area contributed by atoms with Crippen molar-refractivity contribution in [3.8, 4) is 5.75 Å². The molecule has 0 aromatic heterocycles. The fourth-order valence-corrected chi connectivity index (χ4v) is 5.29. The van der Waals surface area contributed by atoms with Crippen LogP contribution in [0.1, 0.15) is 37.9 Å². The average Bonchev–Trinajstić information content (AvgIpc) is 2.84. The highest BCUT2D eigenvalue weighted by Gasteiger charge is 2.30. The number of hydrogen-bond donors (Lipinski definition) is 1. The maximum absolute atomic E-state index is 11.5. The number of ether oxygens (including phenoxy) is 1. The Balaban J connectivity index is 1.52. The molecule has 0 amide bonds. The number of halogens is 2. The number of aliphatic hydroxyl groups excluding tert-OH is 1. The number of methoxy groups -OCH3 is 1. The van der Waals surface area contributed by atoms with E-state index in [1.54, 1.807) is 7.11 Å². The molecule has 0 aliphatic carbocycles. The van der Waals surface area contributed by atoms with Crippen LogP contribution in [0.4, 0.5) is 5.69 Å². The van der Waals surface area contributed by atoms with Gasteiger partial charge in [0.25, 0.3) is 0 Å². The third-order valence-corrected chi connectivity index (χ3v) is 7.30. The lowest BCUT2D eigenvalue weighted by Crippen LogP contribution is -2.52. The number of hydrogen-bond acceptors (Lipinski definition) is 4. The number of fused-ring (bicyclic) bond motifs is 1. The summed E-state index contributed by atoms with van der Waals surface area (Å²) in [6, 6.07) is 18.1. The molecule has 0 spiro atoms. The topological polar surface area (TPSA) is 35.9 Å². The minimum atomic E-state index is -0.556. The van der Waals surface area contributed by atoms with Gasteiger partial charge in [0.2, 0.25) is 0 Å². The minimum Gasteiger partial charge on any atom is -0.495 e. The highest BCUT2D eigenvalue weighted by molar-refractivity contribution is 6.37. The van der Waals surface area contributed by atoms with Crippen LogP contribution < -0.4 is 9.64 Å². The fourth-order valence-electron chi connectivity index (χ4n) is 4.79. The molecule has 3 aromatic rings. The number of anilines is 1. The lowest BCUT2D eigenvalue weighted by atomic mass is 9.94. The number of benzene rings is 3. The first kappa shape index (κ1) is 24.2. The molecule has 2 atom stereocenters. The number of nitrogens with zero attached hydrogens (tertiary/aromatic N) is 2. The van der Waals surface area contributed by atoms with E-state index in [0.717, 1.165) is 72.5 Å². The number of piperazine rings is 1.